The van der Waals surface area contributed by atoms with Crippen molar-refractivity contribution in [2.75, 3.05) is 7.11 Å². The van der Waals surface area contributed by atoms with Crippen LogP contribution >= 0.6 is 11.3 Å². The van der Waals surface area contributed by atoms with Crippen molar-refractivity contribution in [3.8, 4) is 0 Å². The zero-order valence-electron chi connectivity index (χ0n) is 13.6. The molecule has 0 bridgehead atoms. The Morgan fingerprint density at radius 2 is 2.17 bits per heavy atom. The number of halogens is 1. The number of thiazole rings is 1. The number of benzene rings is 1. The molecule has 1 aliphatic carbocycles. The van der Waals surface area contributed by atoms with E-state index in [-0.39, 0.29) is 23.7 Å². The van der Waals surface area contributed by atoms with Gasteiger partial charge in [-0.05, 0) is 24.8 Å². The fourth-order valence-corrected chi connectivity index (χ4v) is 4.03. The Bertz CT molecular complexity index is 698. The topological polar surface area (TPSA) is 51.2 Å². The van der Waals surface area contributed by atoms with Gasteiger partial charge in [-0.1, -0.05) is 31.0 Å². The predicted octanol–water partition coefficient (Wildman–Crippen LogP) is 4.09. The molecule has 6 heteroatoms. The number of amides is 1. The minimum Gasteiger partial charge on any atom is -0.378 e. The van der Waals surface area contributed by atoms with E-state index in [9.17, 15) is 9.18 Å². The molecule has 1 fully saturated rings. The van der Waals surface area contributed by atoms with E-state index < -0.39 is 0 Å². The van der Waals surface area contributed by atoms with Crippen LogP contribution in [0.15, 0.2) is 29.6 Å². The molecule has 1 amide bonds. The molecule has 1 saturated carbocycles. The highest BCUT2D eigenvalue weighted by Gasteiger charge is 2.30. The molecule has 1 atom stereocenters. The van der Waals surface area contributed by atoms with Gasteiger partial charge in [-0.2, -0.15) is 0 Å². The quantitative estimate of drug-likeness (QED) is 0.855. The molecular formula is C18H21FN2O2S. The van der Waals surface area contributed by atoms with E-state index in [4.69, 9.17) is 4.74 Å². The second-order valence-corrected chi connectivity index (χ2v) is 7.02. The number of carbonyl (C=O) groups excluding carboxylic acids is 1. The van der Waals surface area contributed by atoms with Crippen molar-refractivity contribution >= 4 is 17.2 Å². The van der Waals surface area contributed by atoms with Crippen molar-refractivity contribution < 1.29 is 13.9 Å². The molecule has 1 aromatic carbocycles. The molecule has 1 aliphatic rings. The maximum absolute atomic E-state index is 14.3. The number of aromatic nitrogens is 1. The average molecular weight is 348 g/mol. The molecule has 4 nitrogen and oxygen atoms in total. The van der Waals surface area contributed by atoms with Crippen LogP contribution in [-0.2, 0) is 11.3 Å². The molecule has 128 valence electrons. The monoisotopic (exact) mass is 348 g/mol. The minimum atomic E-state index is -0.311. The summed E-state index contributed by atoms with van der Waals surface area (Å²) in [6.45, 7) is 0.386. The fraction of sp³-hybridized carbons (Fsp3) is 0.444. The van der Waals surface area contributed by atoms with Gasteiger partial charge in [0.05, 0.1) is 12.6 Å². The number of carbonyl (C=O) groups is 1. The average Bonchev–Trinajstić information content (AvgIpc) is 3.25. The first-order valence-electron chi connectivity index (χ1n) is 8.17. The van der Waals surface area contributed by atoms with E-state index in [1.807, 2.05) is 6.07 Å². The molecule has 1 N–H and O–H groups in total. The summed E-state index contributed by atoms with van der Waals surface area (Å²) in [5.41, 5.74) is 0.927. The van der Waals surface area contributed by atoms with Crippen molar-refractivity contribution in [3.05, 3.63) is 51.7 Å². The maximum atomic E-state index is 14.3. The van der Waals surface area contributed by atoms with E-state index in [0.717, 1.165) is 30.7 Å². The molecule has 0 radical (unpaired) electrons. The largest absolute Gasteiger partial charge is 0.378 e. The van der Waals surface area contributed by atoms with Gasteiger partial charge in [-0.25, -0.2) is 9.37 Å². The van der Waals surface area contributed by atoms with Gasteiger partial charge >= 0.3 is 0 Å². The molecule has 1 aromatic heterocycles. The highest BCUT2D eigenvalue weighted by atomic mass is 32.1. The van der Waals surface area contributed by atoms with Crippen molar-refractivity contribution in [1.82, 2.24) is 10.3 Å². The van der Waals surface area contributed by atoms with Crippen LogP contribution in [0, 0.1) is 11.7 Å². The summed E-state index contributed by atoms with van der Waals surface area (Å²) in [5.74, 6) is -0.260. The molecule has 1 unspecified atom stereocenters. The smallest absolute Gasteiger partial charge is 0.271 e. The third kappa shape index (κ3) is 3.82. The van der Waals surface area contributed by atoms with Crippen molar-refractivity contribution in [3.63, 3.8) is 0 Å². The lowest BCUT2D eigenvalue weighted by molar-refractivity contribution is 0.0915. The Morgan fingerprint density at radius 1 is 1.42 bits per heavy atom. The SMILES string of the molecule is COCc1nc(C(=O)NC(c2ccccc2F)C2CCCC2)cs1. The molecule has 1 heterocycles. The first kappa shape index (κ1) is 17.0. The molecule has 0 saturated heterocycles. The number of hydrogen-bond donors (Lipinski definition) is 1. The Morgan fingerprint density at radius 3 is 2.88 bits per heavy atom. The van der Waals surface area contributed by atoms with E-state index in [1.165, 1.54) is 17.4 Å². The van der Waals surface area contributed by atoms with Crippen LogP contribution in [0.5, 0.6) is 0 Å². The number of nitrogens with zero attached hydrogens (tertiary/aromatic N) is 1. The van der Waals surface area contributed by atoms with Gasteiger partial charge in [-0.15, -0.1) is 11.3 Å². The van der Waals surface area contributed by atoms with Crippen molar-refractivity contribution in [2.45, 2.75) is 38.3 Å². The van der Waals surface area contributed by atoms with Gasteiger partial charge in [0.2, 0.25) is 0 Å². The Kier molecular flexibility index (Phi) is 5.58. The summed E-state index contributed by atoms with van der Waals surface area (Å²) in [6, 6.07) is 6.38. The molecule has 2 aromatic rings. The summed E-state index contributed by atoms with van der Waals surface area (Å²) in [4.78, 5) is 16.9. The first-order valence-corrected chi connectivity index (χ1v) is 9.05. The van der Waals surface area contributed by atoms with Crippen LogP contribution < -0.4 is 5.32 Å². The van der Waals surface area contributed by atoms with Gasteiger partial charge in [0, 0.05) is 18.1 Å². The predicted molar refractivity (Wildman–Crippen MR) is 91.4 cm³/mol. The molecular weight excluding hydrogens is 327 g/mol. The zero-order valence-corrected chi connectivity index (χ0v) is 14.4. The Hall–Kier alpha value is -1.79. The number of rotatable bonds is 6. The lowest BCUT2D eigenvalue weighted by atomic mass is 9.91. The van der Waals surface area contributed by atoms with Gasteiger partial charge in [0.15, 0.2) is 0 Å². The Labute approximate surface area is 145 Å². The molecule has 3 rings (SSSR count). The van der Waals surface area contributed by atoms with Gasteiger partial charge < -0.3 is 10.1 Å². The number of methoxy groups -OCH3 is 1. The fourth-order valence-electron chi connectivity index (χ4n) is 3.29. The molecule has 0 spiro atoms. The summed E-state index contributed by atoms with van der Waals surface area (Å²) in [5, 5.41) is 5.49. The lowest BCUT2D eigenvalue weighted by Gasteiger charge is -2.25. The highest BCUT2D eigenvalue weighted by molar-refractivity contribution is 7.09. The van der Waals surface area contributed by atoms with Crippen LogP contribution in [-0.4, -0.2) is 18.0 Å². The second-order valence-electron chi connectivity index (χ2n) is 6.08. The van der Waals surface area contributed by atoms with Crippen LogP contribution in [0.4, 0.5) is 4.39 Å². The van der Waals surface area contributed by atoms with Crippen LogP contribution in [0.3, 0.4) is 0 Å². The lowest BCUT2D eigenvalue weighted by Crippen LogP contribution is -2.33. The second kappa shape index (κ2) is 7.85. The van der Waals surface area contributed by atoms with E-state index >= 15 is 0 Å². The highest BCUT2D eigenvalue weighted by Crippen LogP contribution is 2.36. The number of hydrogen-bond acceptors (Lipinski definition) is 4. The molecule has 24 heavy (non-hydrogen) atoms. The standard InChI is InChI=1S/C18H21FN2O2S/c1-23-10-16-20-15(11-24-16)18(22)21-17(12-6-2-3-7-12)13-8-4-5-9-14(13)19/h4-5,8-9,11-12,17H,2-3,6-7,10H2,1H3,(H,21,22). The van der Waals surface area contributed by atoms with Gasteiger partial charge in [-0.3, -0.25) is 4.79 Å². The summed E-state index contributed by atoms with van der Waals surface area (Å²) >= 11 is 1.39. The van der Waals surface area contributed by atoms with Crippen LogP contribution in [0.1, 0.15) is 52.8 Å². The summed E-state index contributed by atoms with van der Waals surface area (Å²) in [7, 11) is 1.59. The van der Waals surface area contributed by atoms with Gasteiger partial charge in [0.1, 0.15) is 16.5 Å². The van der Waals surface area contributed by atoms with Gasteiger partial charge in [0.25, 0.3) is 5.91 Å². The van der Waals surface area contributed by atoms with E-state index in [1.54, 1.807) is 24.6 Å². The third-order valence-corrected chi connectivity index (χ3v) is 5.27. The number of ether oxygens (including phenoxy) is 1. The van der Waals surface area contributed by atoms with E-state index in [2.05, 4.69) is 10.3 Å². The Balaban J connectivity index is 1.80. The van der Waals surface area contributed by atoms with E-state index in [0.29, 0.717) is 17.9 Å². The van der Waals surface area contributed by atoms with Crippen LogP contribution in [0.25, 0.3) is 0 Å². The normalized spacial score (nSPS) is 16.2. The third-order valence-electron chi connectivity index (χ3n) is 4.45. The van der Waals surface area contributed by atoms with Crippen molar-refractivity contribution in [2.24, 2.45) is 5.92 Å². The number of nitrogens with one attached hydrogen (secondary N) is 1. The van der Waals surface area contributed by atoms with Crippen molar-refractivity contribution in [1.29, 1.82) is 0 Å². The minimum absolute atomic E-state index is 0.256. The van der Waals surface area contributed by atoms with Crippen LogP contribution in [0.2, 0.25) is 0 Å². The first-order chi connectivity index (χ1) is 11.7. The summed E-state index contributed by atoms with van der Waals surface area (Å²) in [6.07, 6.45) is 4.26. The maximum Gasteiger partial charge on any atom is 0.271 e. The zero-order chi connectivity index (χ0) is 16.9. The molecule has 0 aliphatic heterocycles. The summed E-state index contributed by atoms with van der Waals surface area (Å²) < 4.78 is 19.3.